The fourth-order valence-corrected chi connectivity index (χ4v) is 2.34. The summed E-state index contributed by atoms with van der Waals surface area (Å²) >= 11 is 8.31. The van der Waals surface area contributed by atoms with E-state index in [1.165, 1.54) is 11.1 Å². The molecule has 6 heteroatoms. The molecule has 1 heterocycles. The molecule has 0 atom stereocenters. The molecule has 2 rings (SSSR count). The third-order valence-corrected chi connectivity index (χ3v) is 3.44. The van der Waals surface area contributed by atoms with Crippen LogP contribution in [-0.2, 0) is 0 Å². The van der Waals surface area contributed by atoms with Gasteiger partial charge in [-0.05, 0) is 34.1 Å². The molecule has 4 nitrogen and oxygen atoms in total. The minimum atomic E-state index is -0.178. The van der Waals surface area contributed by atoms with E-state index in [9.17, 15) is 4.79 Å². The molecule has 0 unspecified atom stereocenters. The zero-order valence-electron chi connectivity index (χ0n) is 10.7. The van der Waals surface area contributed by atoms with E-state index in [4.69, 9.17) is 18.0 Å². The lowest BCUT2D eigenvalue weighted by molar-refractivity contribution is 0.0992. The van der Waals surface area contributed by atoms with Gasteiger partial charge in [0.15, 0.2) is 0 Å². The van der Waals surface area contributed by atoms with Crippen LogP contribution in [0.15, 0.2) is 47.2 Å². The number of hydrogen-bond donors (Lipinski definition) is 1. The van der Waals surface area contributed by atoms with Gasteiger partial charge in [-0.2, -0.15) is 0 Å². The summed E-state index contributed by atoms with van der Waals surface area (Å²) in [7, 11) is 1.68. The Bertz CT molecular complexity index is 675. The fourth-order valence-electron chi connectivity index (χ4n) is 1.81. The standard InChI is InChI=1S/C14H12BrN3OS/c1-18(12-5-3-2-4-11(12)13(16)20)14(19)9-6-10(15)8-17-7-9/h2-8H,1H3,(H2,16,20). The minimum Gasteiger partial charge on any atom is -0.389 e. The van der Waals surface area contributed by atoms with Gasteiger partial charge in [-0.25, -0.2) is 0 Å². The van der Waals surface area contributed by atoms with Crippen molar-refractivity contribution in [3.05, 3.63) is 58.3 Å². The molecule has 0 radical (unpaired) electrons. The zero-order chi connectivity index (χ0) is 14.7. The van der Waals surface area contributed by atoms with Crippen molar-refractivity contribution in [2.75, 3.05) is 11.9 Å². The normalized spacial score (nSPS) is 10.1. The van der Waals surface area contributed by atoms with Gasteiger partial charge in [-0.3, -0.25) is 9.78 Å². The van der Waals surface area contributed by atoms with Crippen LogP contribution in [0.5, 0.6) is 0 Å². The largest absolute Gasteiger partial charge is 0.389 e. The van der Waals surface area contributed by atoms with Crippen molar-refractivity contribution in [2.45, 2.75) is 0 Å². The Kier molecular flexibility index (Phi) is 4.46. The van der Waals surface area contributed by atoms with E-state index >= 15 is 0 Å². The number of benzene rings is 1. The van der Waals surface area contributed by atoms with Crippen molar-refractivity contribution < 1.29 is 4.79 Å². The molecule has 0 saturated carbocycles. The number of thiocarbonyl (C=S) groups is 1. The molecule has 0 aliphatic heterocycles. The predicted molar refractivity (Wildman–Crippen MR) is 87.0 cm³/mol. The van der Waals surface area contributed by atoms with Crippen molar-refractivity contribution in [1.29, 1.82) is 0 Å². The number of nitrogens with zero attached hydrogens (tertiary/aromatic N) is 2. The maximum atomic E-state index is 12.5. The molecular formula is C14H12BrN3OS. The predicted octanol–water partition coefficient (Wildman–Crippen LogP) is 2.75. The summed E-state index contributed by atoms with van der Waals surface area (Å²) in [6.45, 7) is 0. The summed E-state index contributed by atoms with van der Waals surface area (Å²) in [6.07, 6.45) is 3.15. The molecule has 1 aromatic carbocycles. The third kappa shape index (κ3) is 3.02. The number of carbonyl (C=O) groups is 1. The second-order valence-electron chi connectivity index (χ2n) is 4.14. The highest BCUT2D eigenvalue weighted by atomic mass is 79.9. The van der Waals surface area contributed by atoms with Crippen molar-refractivity contribution in [3.8, 4) is 0 Å². The van der Waals surface area contributed by atoms with Crippen LogP contribution in [-0.4, -0.2) is 22.9 Å². The van der Waals surface area contributed by atoms with Crippen LogP contribution >= 0.6 is 28.1 Å². The molecule has 2 N–H and O–H groups in total. The van der Waals surface area contributed by atoms with Crippen LogP contribution in [0.3, 0.4) is 0 Å². The summed E-state index contributed by atoms with van der Waals surface area (Å²) in [4.78, 5) is 18.2. The SMILES string of the molecule is CN(C(=O)c1cncc(Br)c1)c1ccccc1C(N)=S. The first-order valence-corrected chi connectivity index (χ1v) is 6.98. The summed E-state index contributed by atoms with van der Waals surface area (Å²) in [5, 5.41) is 0. The molecule has 20 heavy (non-hydrogen) atoms. The second kappa shape index (κ2) is 6.11. The van der Waals surface area contributed by atoms with Gasteiger partial charge in [-0.1, -0.05) is 24.4 Å². The average Bonchev–Trinajstić information content (AvgIpc) is 2.45. The number of aromatic nitrogens is 1. The van der Waals surface area contributed by atoms with Crippen molar-refractivity contribution in [1.82, 2.24) is 4.98 Å². The van der Waals surface area contributed by atoms with E-state index < -0.39 is 0 Å². The molecule has 0 aliphatic carbocycles. The van der Waals surface area contributed by atoms with Crippen LogP contribution in [0, 0.1) is 0 Å². The number of nitrogens with two attached hydrogens (primary N) is 1. The molecule has 102 valence electrons. The van der Waals surface area contributed by atoms with Crippen LogP contribution in [0.4, 0.5) is 5.69 Å². The monoisotopic (exact) mass is 349 g/mol. The molecular weight excluding hydrogens is 338 g/mol. The molecule has 0 aliphatic rings. The lowest BCUT2D eigenvalue weighted by atomic mass is 10.1. The van der Waals surface area contributed by atoms with Gasteiger partial charge >= 0.3 is 0 Å². The Morgan fingerprint density at radius 2 is 2.05 bits per heavy atom. The number of amides is 1. The average molecular weight is 350 g/mol. The van der Waals surface area contributed by atoms with Crippen molar-refractivity contribution in [3.63, 3.8) is 0 Å². The summed E-state index contributed by atoms with van der Waals surface area (Å²) < 4.78 is 0.749. The van der Waals surface area contributed by atoms with Crippen LogP contribution in [0.2, 0.25) is 0 Å². The topological polar surface area (TPSA) is 59.2 Å². The van der Waals surface area contributed by atoms with Gasteiger partial charge in [0.1, 0.15) is 4.99 Å². The number of hydrogen-bond acceptors (Lipinski definition) is 3. The van der Waals surface area contributed by atoms with E-state index in [0.29, 0.717) is 16.8 Å². The van der Waals surface area contributed by atoms with Crippen LogP contribution < -0.4 is 10.6 Å². The van der Waals surface area contributed by atoms with E-state index in [0.717, 1.165) is 4.47 Å². The first kappa shape index (κ1) is 14.6. The highest BCUT2D eigenvalue weighted by Crippen LogP contribution is 2.21. The molecule has 1 aromatic heterocycles. The van der Waals surface area contributed by atoms with Gasteiger partial charge in [0.2, 0.25) is 0 Å². The van der Waals surface area contributed by atoms with Gasteiger partial charge in [0.05, 0.1) is 11.3 Å². The molecule has 0 saturated heterocycles. The molecule has 0 bridgehead atoms. The molecule has 0 spiro atoms. The maximum absolute atomic E-state index is 12.5. The zero-order valence-corrected chi connectivity index (χ0v) is 13.1. The van der Waals surface area contributed by atoms with Gasteiger partial charge in [0.25, 0.3) is 5.91 Å². The van der Waals surface area contributed by atoms with E-state index in [-0.39, 0.29) is 10.9 Å². The Morgan fingerprint density at radius 1 is 1.35 bits per heavy atom. The lowest BCUT2D eigenvalue weighted by Crippen LogP contribution is -2.28. The highest BCUT2D eigenvalue weighted by Gasteiger charge is 2.17. The number of halogens is 1. The number of rotatable bonds is 3. The summed E-state index contributed by atoms with van der Waals surface area (Å²) in [5.41, 5.74) is 7.51. The first-order valence-electron chi connectivity index (χ1n) is 5.78. The van der Waals surface area contributed by atoms with E-state index in [1.54, 1.807) is 31.4 Å². The van der Waals surface area contributed by atoms with Gasteiger partial charge in [-0.15, -0.1) is 0 Å². The number of pyridine rings is 1. The summed E-state index contributed by atoms with van der Waals surface area (Å²) in [5.74, 6) is -0.178. The Balaban J connectivity index is 2.39. The lowest BCUT2D eigenvalue weighted by Gasteiger charge is -2.20. The number of carbonyl (C=O) groups excluding carboxylic acids is 1. The second-order valence-corrected chi connectivity index (χ2v) is 5.49. The quantitative estimate of drug-likeness (QED) is 0.865. The number of anilines is 1. The number of para-hydroxylation sites is 1. The van der Waals surface area contributed by atoms with Crippen LogP contribution in [0.1, 0.15) is 15.9 Å². The maximum Gasteiger partial charge on any atom is 0.259 e. The summed E-state index contributed by atoms with van der Waals surface area (Å²) in [6, 6.07) is 8.98. The van der Waals surface area contributed by atoms with Crippen molar-refractivity contribution >= 4 is 44.7 Å². The Labute approximate surface area is 130 Å². The molecule has 0 fully saturated rings. The van der Waals surface area contributed by atoms with E-state index in [1.807, 2.05) is 12.1 Å². The highest BCUT2D eigenvalue weighted by molar-refractivity contribution is 9.10. The fraction of sp³-hybridized carbons (Fsp3) is 0.0714. The molecule has 1 amide bonds. The van der Waals surface area contributed by atoms with E-state index in [2.05, 4.69) is 20.9 Å². The Morgan fingerprint density at radius 3 is 2.70 bits per heavy atom. The smallest absolute Gasteiger partial charge is 0.259 e. The first-order chi connectivity index (χ1) is 9.50. The van der Waals surface area contributed by atoms with Gasteiger partial charge < -0.3 is 10.6 Å². The Hall–Kier alpha value is -1.79. The van der Waals surface area contributed by atoms with Crippen LogP contribution in [0.25, 0.3) is 0 Å². The van der Waals surface area contributed by atoms with Crippen molar-refractivity contribution in [2.24, 2.45) is 5.73 Å². The van der Waals surface area contributed by atoms with Gasteiger partial charge in [0, 0.05) is 29.5 Å². The third-order valence-electron chi connectivity index (χ3n) is 2.79. The minimum absolute atomic E-state index is 0.178. The molecule has 2 aromatic rings.